The SMILES string of the molecule is O=C(CC(=O)Nc1c(Cl)cccc1Cl)Nc1c(Cl)cccc1Cl. The molecule has 2 aromatic rings. The highest BCUT2D eigenvalue weighted by molar-refractivity contribution is 6.40. The third-order valence-corrected chi connectivity index (χ3v) is 4.04. The lowest BCUT2D eigenvalue weighted by atomic mass is 10.2. The van der Waals surface area contributed by atoms with Gasteiger partial charge >= 0.3 is 0 Å². The Balaban J connectivity index is 2.02. The Kier molecular flexibility index (Phi) is 6.13. The second-order valence-corrected chi connectivity index (χ2v) is 6.10. The maximum Gasteiger partial charge on any atom is 0.233 e. The van der Waals surface area contributed by atoms with E-state index in [-0.39, 0.29) is 31.5 Å². The second kappa shape index (κ2) is 7.88. The zero-order valence-corrected chi connectivity index (χ0v) is 14.5. The molecule has 0 aliphatic rings. The summed E-state index contributed by atoms with van der Waals surface area (Å²) in [5.74, 6) is -1.14. The first-order valence-electron chi connectivity index (χ1n) is 6.36. The van der Waals surface area contributed by atoms with E-state index in [9.17, 15) is 9.59 Å². The van der Waals surface area contributed by atoms with Crippen LogP contribution in [0.4, 0.5) is 11.4 Å². The van der Waals surface area contributed by atoms with Gasteiger partial charge in [-0.25, -0.2) is 0 Å². The van der Waals surface area contributed by atoms with E-state index < -0.39 is 18.2 Å². The van der Waals surface area contributed by atoms with Crippen LogP contribution in [0.15, 0.2) is 36.4 Å². The van der Waals surface area contributed by atoms with E-state index >= 15 is 0 Å². The summed E-state index contributed by atoms with van der Waals surface area (Å²) >= 11 is 23.8. The molecular weight excluding hydrogens is 382 g/mol. The average molecular weight is 392 g/mol. The number of halogens is 4. The molecule has 2 rings (SSSR count). The number of carbonyl (C=O) groups excluding carboxylic acids is 2. The number of hydrogen-bond donors (Lipinski definition) is 2. The van der Waals surface area contributed by atoms with Gasteiger partial charge in [0, 0.05) is 0 Å². The third kappa shape index (κ3) is 4.75. The highest BCUT2D eigenvalue weighted by atomic mass is 35.5. The van der Waals surface area contributed by atoms with Gasteiger partial charge in [-0.15, -0.1) is 0 Å². The van der Waals surface area contributed by atoms with Crippen molar-refractivity contribution >= 4 is 69.6 Å². The van der Waals surface area contributed by atoms with E-state index in [0.29, 0.717) is 0 Å². The fraction of sp³-hybridized carbons (Fsp3) is 0.0667. The monoisotopic (exact) mass is 390 g/mol. The van der Waals surface area contributed by atoms with Crippen LogP contribution in [0.1, 0.15) is 6.42 Å². The van der Waals surface area contributed by atoms with Crippen molar-refractivity contribution in [3.05, 3.63) is 56.5 Å². The Morgan fingerprint density at radius 1 is 0.696 bits per heavy atom. The van der Waals surface area contributed by atoms with Crippen LogP contribution in [0.25, 0.3) is 0 Å². The molecule has 0 aromatic heterocycles. The molecule has 0 aliphatic carbocycles. The number of para-hydroxylation sites is 2. The fourth-order valence-corrected chi connectivity index (χ4v) is 2.73. The average Bonchev–Trinajstić information content (AvgIpc) is 2.47. The first kappa shape index (κ1) is 17.9. The normalized spacial score (nSPS) is 10.3. The predicted molar refractivity (Wildman–Crippen MR) is 94.8 cm³/mol. The number of benzene rings is 2. The molecule has 0 fully saturated rings. The zero-order chi connectivity index (χ0) is 17.0. The smallest absolute Gasteiger partial charge is 0.233 e. The lowest BCUT2D eigenvalue weighted by molar-refractivity contribution is -0.123. The van der Waals surface area contributed by atoms with E-state index in [4.69, 9.17) is 46.4 Å². The fourth-order valence-electron chi connectivity index (χ4n) is 1.75. The maximum absolute atomic E-state index is 11.9. The predicted octanol–water partition coefficient (Wildman–Crippen LogP) is 5.27. The first-order chi connectivity index (χ1) is 10.9. The lowest BCUT2D eigenvalue weighted by Crippen LogP contribution is -2.22. The molecule has 2 aromatic carbocycles. The highest BCUT2D eigenvalue weighted by Gasteiger charge is 2.15. The molecule has 0 radical (unpaired) electrons. The van der Waals surface area contributed by atoms with Crippen molar-refractivity contribution in [2.45, 2.75) is 6.42 Å². The Bertz CT molecular complexity index is 661. The molecule has 0 bridgehead atoms. The van der Waals surface area contributed by atoms with Crippen LogP contribution in [0.2, 0.25) is 20.1 Å². The summed E-state index contributed by atoms with van der Waals surface area (Å²) in [6, 6.07) is 9.59. The largest absolute Gasteiger partial charge is 0.323 e. The van der Waals surface area contributed by atoms with Crippen LogP contribution in [0, 0.1) is 0 Å². The summed E-state index contributed by atoms with van der Waals surface area (Å²) in [6.45, 7) is 0. The topological polar surface area (TPSA) is 58.2 Å². The summed E-state index contributed by atoms with van der Waals surface area (Å²) in [7, 11) is 0. The summed E-state index contributed by atoms with van der Waals surface area (Å²) in [6.07, 6.45) is -0.441. The minimum atomic E-state index is -0.569. The van der Waals surface area contributed by atoms with Crippen LogP contribution in [0.5, 0.6) is 0 Å². The van der Waals surface area contributed by atoms with E-state index in [1.165, 1.54) is 0 Å². The van der Waals surface area contributed by atoms with Gasteiger partial charge < -0.3 is 10.6 Å². The van der Waals surface area contributed by atoms with Crippen LogP contribution in [-0.2, 0) is 9.59 Å². The minimum absolute atomic E-state index is 0.254. The number of carbonyl (C=O) groups is 2. The maximum atomic E-state index is 11.9. The Hall–Kier alpha value is -1.46. The van der Waals surface area contributed by atoms with Crippen LogP contribution in [0.3, 0.4) is 0 Å². The molecule has 0 atom stereocenters. The van der Waals surface area contributed by atoms with Crippen molar-refractivity contribution in [2.24, 2.45) is 0 Å². The standard InChI is InChI=1S/C15H10Cl4N2O2/c16-8-3-1-4-9(17)14(8)20-12(22)7-13(23)21-15-10(18)5-2-6-11(15)19/h1-6H,7H2,(H,20,22)(H,21,23). The molecular formula is C15H10Cl4N2O2. The van der Waals surface area contributed by atoms with Gasteiger partial charge in [-0.3, -0.25) is 9.59 Å². The summed E-state index contributed by atoms with van der Waals surface area (Å²) < 4.78 is 0. The number of anilines is 2. The quantitative estimate of drug-likeness (QED) is 0.697. The van der Waals surface area contributed by atoms with Crippen molar-refractivity contribution in [1.82, 2.24) is 0 Å². The molecule has 0 aliphatic heterocycles. The number of nitrogens with one attached hydrogen (secondary N) is 2. The lowest BCUT2D eigenvalue weighted by Gasteiger charge is -2.11. The van der Waals surface area contributed by atoms with Gasteiger partial charge in [0.05, 0.1) is 31.5 Å². The van der Waals surface area contributed by atoms with E-state index in [2.05, 4.69) is 10.6 Å². The Morgan fingerprint density at radius 2 is 1.00 bits per heavy atom. The number of amides is 2. The molecule has 0 spiro atoms. The molecule has 4 nitrogen and oxygen atoms in total. The molecule has 0 saturated heterocycles. The van der Waals surface area contributed by atoms with Crippen LogP contribution in [-0.4, -0.2) is 11.8 Å². The number of rotatable bonds is 4. The van der Waals surface area contributed by atoms with Crippen LogP contribution < -0.4 is 10.6 Å². The van der Waals surface area contributed by atoms with Gasteiger partial charge in [0.25, 0.3) is 0 Å². The van der Waals surface area contributed by atoms with Crippen molar-refractivity contribution in [2.75, 3.05) is 10.6 Å². The summed E-state index contributed by atoms with van der Waals surface area (Å²) in [5, 5.41) is 6.10. The molecule has 120 valence electrons. The highest BCUT2D eigenvalue weighted by Crippen LogP contribution is 2.31. The van der Waals surface area contributed by atoms with Gasteiger partial charge in [0.15, 0.2) is 0 Å². The second-order valence-electron chi connectivity index (χ2n) is 4.47. The van der Waals surface area contributed by atoms with E-state index in [0.717, 1.165) is 0 Å². The Morgan fingerprint density at radius 3 is 1.30 bits per heavy atom. The number of hydrogen-bond acceptors (Lipinski definition) is 2. The van der Waals surface area contributed by atoms with Crippen molar-refractivity contribution in [3.63, 3.8) is 0 Å². The van der Waals surface area contributed by atoms with Crippen molar-refractivity contribution in [3.8, 4) is 0 Å². The summed E-state index contributed by atoms with van der Waals surface area (Å²) in [4.78, 5) is 23.9. The van der Waals surface area contributed by atoms with Crippen molar-refractivity contribution < 1.29 is 9.59 Å². The van der Waals surface area contributed by atoms with Gasteiger partial charge in [0.1, 0.15) is 6.42 Å². The molecule has 2 N–H and O–H groups in total. The van der Waals surface area contributed by atoms with Gasteiger partial charge in [0.2, 0.25) is 11.8 Å². The van der Waals surface area contributed by atoms with Crippen molar-refractivity contribution in [1.29, 1.82) is 0 Å². The van der Waals surface area contributed by atoms with Gasteiger partial charge in [-0.05, 0) is 24.3 Å². The summed E-state index contributed by atoms with van der Waals surface area (Å²) in [5.41, 5.74) is 0.508. The van der Waals surface area contributed by atoms with E-state index in [1.807, 2.05) is 0 Å². The molecule has 0 saturated carbocycles. The Labute approximate surface area is 152 Å². The molecule has 23 heavy (non-hydrogen) atoms. The molecule has 0 unspecified atom stereocenters. The van der Waals surface area contributed by atoms with E-state index in [1.54, 1.807) is 36.4 Å². The molecule has 8 heteroatoms. The first-order valence-corrected chi connectivity index (χ1v) is 7.87. The molecule has 2 amide bonds. The zero-order valence-electron chi connectivity index (χ0n) is 11.5. The minimum Gasteiger partial charge on any atom is -0.323 e. The van der Waals surface area contributed by atoms with Crippen LogP contribution >= 0.6 is 46.4 Å². The molecule has 0 heterocycles. The third-order valence-electron chi connectivity index (χ3n) is 2.78. The van der Waals surface area contributed by atoms with Gasteiger partial charge in [-0.2, -0.15) is 0 Å². The van der Waals surface area contributed by atoms with Gasteiger partial charge in [-0.1, -0.05) is 58.5 Å².